The number of carbonyl (C=O) groups is 1. The Morgan fingerprint density at radius 2 is 2.11 bits per heavy atom. The van der Waals surface area contributed by atoms with Gasteiger partial charge in [0.2, 0.25) is 0 Å². The van der Waals surface area contributed by atoms with Crippen molar-refractivity contribution in [1.82, 2.24) is 4.57 Å². The molecule has 0 saturated heterocycles. The first-order valence-electron chi connectivity index (χ1n) is 6.40. The van der Waals surface area contributed by atoms with Gasteiger partial charge in [0.1, 0.15) is 5.69 Å². The molecule has 2 aromatic rings. The number of carbonyl (C=O) groups excluding carboxylic acids is 1. The lowest BCUT2D eigenvalue weighted by molar-refractivity contribution is 0.101. The molecule has 0 aliphatic carbocycles. The van der Waals surface area contributed by atoms with Crippen LogP contribution in [-0.4, -0.2) is 10.5 Å². The van der Waals surface area contributed by atoms with Crippen LogP contribution in [0.15, 0.2) is 41.0 Å². The molecule has 100 valence electrons. The van der Waals surface area contributed by atoms with Gasteiger partial charge in [-0.05, 0) is 49.2 Å². The van der Waals surface area contributed by atoms with E-state index in [-0.39, 0.29) is 5.91 Å². The maximum Gasteiger partial charge on any atom is 0.272 e. The average molecular weight is 321 g/mol. The van der Waals surface area contributed by atoms with Gasteiger partial charge in [-0.1, -0.05) is 22.9 Å². The van der Waals surface area contributed by atoms with E-state index < -0.39 is 0 Å². The van der Waals surface area contributed by atoms with Crippen molar-refractivity contribution >= 4 is 27.5 Å². The number of halogens is 1. The van der Waals surface area contributed by atoms with Crippen LogP contribution < -0.4 is 5.32 Å². The predicted molar refractivity (Wildman–Crippen MR) is 81.6 cm³/mol. The van der Waals surface area contributed by atoms with E-state index in [0.717, 1.165) is 28.7 Å². The Morgan fingerprint density at radius 1 is 1.32 bits per heavy atom. The minimum Gasteiger partial charge on any atom is -0.344 e. The van der Waals surface area contributed by atoms with Gasteiger partial charge in [0.05, 0.1) is 0 Å². The van der Waals surface area contributed by atoms with Gasteiger partial charge in [0.25, 0.3) is 5.91 Å². The second-order valence-electron chi connectivity index (χ2n) is 4.29. The van der Waals surface area contributed by atoms with E-state index in [1.807, 2.05) is 48.0 Å². The Bertz CT molecular complexity index is 590. The third-order valence-electron chi connectivity index (χ3n) is 3.10. The van der Waals surface area contributed by atoms with E-state index in [2.05, 4.69) is 28.2 Å². The molecule has 0 radical (unpaired) electrons. The third-order valence-corrected chi connectivity index (χ3v) is 3.59. The highest BCUT2D eigenvalue weighted by atomic mass is 79.9. The van der Waals surface area contributed by atoms with Crippen molar-refractivity contribution in [2.24, 2.45) is 0 Å². The molecule has 0 fully saturated rings. The van der Waals surface area contributed by atoms with E-state index in [9.17, 15) is 4.79 Å². The van der Waals surface area contributed by atoms with Crippen LogP contribution in [0, 0.1) is 0 Å². The molecule has 1 aromatic carbocycles. The number of hydrogen-bond acceptors (Lipinski definition) is 1. The molecule has 2 rings (SSSR count). The molecule has 1 heterocycles. The molecule has 0 unspecified atom stereocenters. The minimum atomic E-state index is -0.0659. The van der Waals surface area contributed by atoms with Crippen LogP contribution in [-0.2, 0) is 13.0 Å². The van der Waals surface area contributed by atoms with Crippen molar-refractivity contribution in [3.05, 3.63) is 52.3 Å². The number of rotatable bonds is 4. The number of aryl methyl sites for hydroxylation is 2. The Hall–Kier alpha value is -1.55. The fourth-order valence-electron chi connectivity index (χ4n) is 2.06. The molecular formula is C15H17BrN2O. The zero-order valence-electron chi connectivity index (χ0n) is 11.1. The third kappa shape index (κ3) is 3.07. The number of aromatic nitrogens is 1. The number of anilines is 1. The normalized spacial score (nSPS) is 10.5. The lowest BCUT2D eigenvalue weighted by atomic mass is 10.1. The van der Waals surface area contributed by atoms with E-state index >= 15 is 0 Å². The summed E-state index contributed by atoms with van der Waals surface area (Å²) in [5.41, 5.74) is 2.68. The zero-order chi connectivity index (χ0) is 13.8. The molecule has 1 aromatic heterocycles. The summed E-state index contributed by atoms with van der Waals surface area (Å²) in [6.45, 7) is 4.89. The smallest absolute Gasteiger partial charge is 0.272 e. The Kier molecular flexibility index (Phi) is 4.43. The largest absolute Gasteiger partial charge is 0.344 e. The molecular weight excluding hydrogens is 304 g/mol. The molecule has 0 aliphatic heterocycles. The van der Waals surface area contributed by atoms with Crippen molar-refractivity contribution < 1.29 is 4.79 Å². The zero-order valence-corrected chi connectivity index (χ0v) is 12.7. The fraction of sp³-hybridized carbons (Fsp3) is 0.267. The summed E-state index contributed by atoms with van der Waals surface area (Å²) in [6, 6.07) is 9.63. The number of nitrogens with zero attached hydrogens (tertiary/aromatic N) is 1. The van der Waals surface area contributed by atoms with Crippen molar-refractivity contribution in [2.75, 3.05) is 5.32 Å². The maximum absolute atomic E-state index is 12.3. The maximum atomic E-state index is 12.3. The van der Waals surface area contributed by atoms with Crippen LogP contribution in [0.2, 0.25) is 0 Å². The van der Waals surface area contributed by atoms with Gasteiger partial charge < -0.3 is 9.88 Å². The molecule has 0 atom stereocenters. The van der Waals surface area contributed by atoms with E-state index in [4.69, 9.17) is 0 Å². The first kappa shape index (κ1) is 13.9. The van der Waals surface area contributed by atoms with Crippen LogP contribution in [0.25, 0.3) is 0 Å². The van der Waals surface area contributed by atoms with Gasteiger partial charge in [-0.15, -0.1) is 0 Å². The summed E-state index contributed by atoms with van der Waals surface area (Å²) in [4.78, 5) is 12.3. The quantitative estimate of drug-likeness (QED) is 0.904. The predicted octanol–water partition coefficient (Wildman–Crippen LogP) is 4.09. The Morgan fingerprint density at radius 3 is 2.79 bits per heavy atom. The van der Waals surface area contributed by atoms with Crippen molar-refractivity contribution in [1.29, 1.82) is 0 Å². The second kappa shape index (κ2) is 6.06. The van der Waals surface area contributed by atoms with Gasteiger partial charge in [-0.3, -0.25) is 4.79 Å². The molecule has 0 spiro atoms. The molecule has 19 heavy (non-hydrogen) atoms. The molecule has 0 aliphatic rings. The SMILES string of the molecule is CCc1cc(Br)ccc1NC(=O)c1cccn1CC. The van der Waals surface area contributed by atoms with Gasteiger partial charge >= 0.3 is 0 Å². The minimum absolute atomic E-state index is 0.0659. The second-order valence-corrected chi connectivity index (χ2v) is 5.20. The fourth-order valence-corrected chi connectivity index (χ4v) is 2.47. The van der Waals surface area contributed by atoms with Crippen LogP contribution >= 0.6 is 15.9 Å². The van der Waals surface area contributed by atoms with E-state index in [0.29, 0.717) is 5.69 Å². The summed E-state index contributed by atoms with van der Waals surface area (Å²) in [5, 5.41) is 2.99. The van der Waals surface area contributed by atoms with Crippen LogP contribution in [0.1, 0.15) is 29.9 Å². The summed E-state index contributed by atoms with van der Waals surface area (Å²) in [7, 11) is 0. The average Bonchev–Trinajstić information content (AvgIpc) is 2.89. The monoisotopic (exact) mass is 320 g/mol. The van der Waals surface area contributed by atoms with Crippen LogP contribution in [0.4, 0.5) is 5.69 Å². The number of nitrogens with one attached hydrogen (secondary N) is 1. The van der Waals surface area contributed by atoms with E-state index in [1.165, 1.54) is 0 Å². The number of amides is 1. The Labute approximate surface area is 121 Å². The molecule has 0 bridgehead atoms. The first-order valence-corrected chi connectivity index (χ1v) is 7.20. The standard InChI is InChI=1S/C15H17BrN2O/c1-3-11-10-12(16)7-8-13(11)17-15(19)14-6-5-9-18(14)4-2/h5-10H,3-4H2,1-2H3,(H,17,19). The highest BCUT2D eigenvalue weighted by Crippen LogP contribution is 2.22. The highest BCUT2D eigenvalue weighted by Gasteiger charge is 2.11. The number of hydrogen-bond donors (Lipinski definition) is 1. The topological polar surface area (TPSA) is 34.0 Å². The molecule has 1 N–H and O–H groups in total. The first-order chi connectivity index (χ1) is 9.15. The summed E-state index contributed by atoms with van der Waals surface area (Å²) < 4.78 is 2.96. The van der Waals surface area contributed by atoms with Crippen molar-refractivity contribution in [3.63, 3.8) is 0 Å². The van der Waals surface area contributed by atoms with Gasteiger partial charge in [-0.2, -0.15) is 0 Å². The van der Waals surface area contributed by atoms with Crippen LogP contribution in [0.5, 0.6) is 0 Å². The molecule has 3 nitrogen and oxygen atoms in total. The number of benzene rings is 1. The van der Waals surface area contributed by atoms with Gasteiger partial charge in [-0.25, -0.2) is 0 Å². The lowest BCUT2D eigenvalue weighted by Crippen LogP contribution is -2.17. The van der Waals surface area contributed by atoms with Gasteiger partial charge in [0, 0.05) is 22.9 Å². The lowest BCUT2D eigenvalue weighted by Gasteiger charge is -2.11. The summed E-state index contributed by atoms with van der Waals surface area (Å²) in [6.07, 6.45) is 2.79. The van der Waals surface area contributed by atoms with Crippen molar-refractivity contribution in [3.8, 4) is 0 Å². The Balaban J connectivity index is 2.24. The van der Waals surface area contributed by atoms with E-state index in [1.54, 1.807) is 0 Å². The summed E-state index contributed by atoms with van der Waals surface area (Å²) in [5.74, 6) is -0.0659. The van der Waals surface area contributed by atoms with Gasteiger partial charge in [0.15, 0.2) is 0 Å². The van der Waals surface area contributed by atoms with Crippen LogP contribution in [0.3, 0.4) is 0 Å². The molecule has 0 saturated carbocycles. The highest BCUT2D eigenvalue weighted by molar-refractivity contribution is 9.10. The summed E-state index contributed by atoms with van der Waals surface area (Å²) >= 11 is 3.45. The molecule has 4 heteroatoms. The van der Waals surface area contributed by atoms with Crippen molar-refractivity contribution in [2.45, 2.75) is 26.8 Å². The molecule has 1 amide bonds.